The van der Waals surface area contributed by atoms with Crippen LogP contribution in [0.4, 0.5) is 0 Å². The average molecular weight is 451 g/mol. The van der Waals surface area contributed by atoms with Crippen molar-refractivity contribution in [3.05, 3.63) is 68.1 Å². The standard InChI is InChI=1S/C24H30N6O3/c1-17-18(2)30-20-21(25-23(30)28(17)11-7-10-27-12-14-33-15-13-27)26(3)24(32)29(22(20)31)16-19-8-5-4-6-9-19/h4-6,8-9H,7,10-16H2,1-3H3. The van der Waals surface area contributed by atoms with Crippen LogP contribution < -0.4 is 11.2 Å². The summed E-state index contributed by atoms with van der Waals surface area (Å²) in [5.74, 6) is 0.714. The maximum Gasteiger partial charge on any atom is 0.332 e. The fraction of sp³-hybridized carbons (Fsp3) is 0.458. The maximum atomic E-state index is 13.5. The molecule has 5 rings (SSSR count). The monoisotopic (exact) mass is 450 g/mol. The van der Waals surface area contributed by atoms with Crippen molar-refractivity contribution >= 4 is 16.9 Å². The van der Waals surface area contributed by atoms with Crippen LogP contribution in [0.1, 0.15) is 23.4 Å². The van der Waals surface area contributed by atoms with Gasteiger partial charge in [-0.05, 0) is 25.8 Å². The number of rotatable bonds is 6. The Morgan fingerprint density at radius 2 is 1.70 bits per heavy atom. The Balaban J connectivity index is 1.57. The lowest BCUT2D eigenvalue weighted by molar-refractivity contribution is 0.0369. The molecule has 0 spiro atoms. The quantitative estimate of drug-likeness (QED) is 0.445. The van der Waals surface area contributed by atoms with Crippen molar-refractivity contribution in [1.82, 2.24) is 28.0 Å². The summed E-state index contributed by atoms with van der Waals surface area (Å²) in [6, 6.07) is 9.57. The van der Waals surface area contributed by atoms with Gasteiger partial charge in [-0.25, -0.2) is 4.79 Å². The molecule has 4 aromatic rings. The van der Waals surface area contributed by atoms with Gasteiger partial charge in [0.2, 0.25) is 5.78 Å². The highest BCUT2D eigenvalue weighted by molar-refractivity contribution is 5.76. The molecule has 9 nitrogen and oxygen atoms in total. The van der Waals surface area contributed by atoms with Gasteiger partial charge in [0, 0.05) is 44.6 Å². The van der Waals surface area contributed by atoms with E-state index in [-0.39, 0.29) is 17.8 Å². The van der Waals surface area contributed by atoms with Gasteiger partial charge in [0.1, 0.15) is 0 Å². The second kappa shape index (κ2) is 8.64. The molecule has 3 aromatic heterocycles. The second-order valence-corrected chi connectivity index (χ2v) is 8.77. The van der Waals surface area contributed by atoms with Crippen molar-refractivity contribution in [2.24, 2.45) is 7.05 Å². The summed E-state index contributed by atoms with van der Waals surface area (Å²) in [4.78, 5) is 33.8. The average Bonchev–Trinajstić information content (AvgIpc) is 3.33. The number of ether oxygens (including phenoxy) is 1. The fourth-order valence-electron chi connectivity index (χ4n) is 4.77. The Bertz CT molecular complexity index is 1420. The minimum Gasteiger partial charge on any atom is -0.379 e. The maximum absolute atomic E-state index is 13.5. The Morgan fingerprint density at radius 3 is 2.42 bits per heavy atom. The summed E-state index contributed by atoms with van der Waals surface area (Å²) in [6.07, 6.45) is 0.977. The molecule has 0 saturated carbocycles. The number of aromatic nitrogens is 5. The van der Waals surface area contributed by atoms with Crippen LogP contribution in [0.2, 0.25) is 0 Å². The van der Waals surface area contributed by atoms with Crippen LogP contribution >= 0.6 is 0 Å². The first-order valence-electron chi connectivity index (χ1n) is 11.5. The lowest BCUT2D eigenvalue weighted by Crippen LogP contribution is -2.39. The second-order valence-electron chi connectivity index (χ2n) is 8.77. The van der Waals surface area contributed by atoms with Crippen molar-refractivity contribution in [2.45, 2.75) is 33.4 Å². The minimum absolute atomic E-state index is 0.230. The van der Waals surface area contributed by atoms with Gasteiger partial charge >= 0.3 is 5.69 Å². The third kappa shape index (κ3) is 3.71. The van der Waals surface area contributed by atoms with Gasteiger partial charge < -0.3 is 9.30 Å². The molecule has 0 N–H and O–H groups in total. The van der Waals surface area contributed by atoms with Crippen LogP contribution in [-0.2, 0) is 24.9 Å². The number of imidazole rings is 2. The van der Waals surface area contributed by atoms with Crippen molar-refractivity contribution in [1.29, 1.82) is 0 Å². The van der Waals surface area contributed by atoms with Crippen LogP contribution in [0.15, 0.2) is 39.9 Å². The van der Waals surface area contributed by atoms with E-state index in [0.717, 1.165) is 62.8 Å². The highest BCUT2D eigenvalue weighted by Gasteiger charge is 2.22. The molecule has 0 unspecified atom stereocenters. The Hall–Kier alpha value is -3.17. The molecular formula is C24H30N6O3. The molecule has 0 bridgehead atoms. The lowest BCUT2D eigenvalue weighted by atomic mass is 10.2. The zero-order valence-electron chi connectivity index (χ0n) is 19.5. The summed E-state index contributed by atoms with van der Waals surface area (Å²) in [6.45, 7) is 9.62. The molecule has 1 saturated heterocycles. The number of hydrogen-bond donors (Lipinski definition) is 0. The van der Waals surface area contributed by atoms with Gasteiger partial charge in [0.25, 0.3) is 5.56 Å². The highest BCUT2D eigenvalue weighted by atomic mass is 16.5. The minimum atomic E-state index is -0.356. The molecular weight excluding hydrogens is 420 g/mol. The van der Waals surface area contributed by atoms with E-state index in [4.69, 9.17) is 9.72 Å². The topological polar surface area (TPSA) is 78.7 Å². The molecule has 1 aromatic carbocycles. The predicted molar refractivity (Wildman–Crippen MR) is 127 cm³/mol. The highest BCUT2D eigenvalue weighted by Crippen LogP contribution is 2.21. The van der Waals surface area contributed by atoms with Crippen LogP contribution in [-0.4, -0.2) is 60.8 Å². The molecule has 4 heterocycles. The first-order chi connectivity index (χ1) is 16.0. The number of fused-ring (bicyclic) bond motifs is 3. The molecule has 0 radical (unpaired) electrons. The van der Waals surface area contributed by atoms with Crippen LogP contribution in [0.25, 0.3) is 16.9 Å². The van der Waals surface area contributed by atoms with Gasteiger partial charge in [-0.2, -0.15) is 4.98 Å². The van der Waals surface area contributed by atoms with E-state index in [1.54, 1.807) is 7.05 Å². The van der Waals surface area contributed by atoms with E-state index in [1.807, 2.05) is 41.7 Å². The molecule has 1 aliphatic heterocycles. The summed E-state index contributed by atoms with van der Waals surface area (Å²) in [5, 5.41) is 0. The predicted octanol–water partition coefficient (Wildman–Crippen LogP) is 1.54. The van der Waals surface area contributed by atoms with Crippen LogP contribution in [0, 0.1) is 13.8 Å². The summed E-state index contributed by atoms with van der Waals surface area (Å²) < 4.78 is 12.3. The lowest BCUT2D eigenvalue weighted by Gasteiger charge is -2.26. The number of aryl methyl sites for hydroxylation is 3. The van der Waals surface area contributed by atoms with E-state index < -0.39 is 0 Å². The smallest absolute Gasteiger partial charge is 0.332 e. The van der Waals surface area contributed by atoms with Gasteiger partial charge in [-0.3, -0.25) is 23.2 Å². The van der Waals surface area contributed by atoms with Gasteiger partial charge in [0.15, 0.2) is 11.2 Å². The Labute approximate surface area is 191 Å². The number of morpholine rings is 1. The number of nitrogens with zero attached hydrogens (tertiary/aromatic N) is 6. The van der Waals surface area contributed by atoms with E-state index in [0.29, 0.717) is 16.9 Å². The first kappa shape index (κ1) is 21.7. The Morgan fingerprint density at radius 1 is 0.970 bits per heavy atom. The molecule has 1 aliphatic rings. The van der Waals surface area contributed by atoms with E-state index in [1.165, 1.54) is 9.13 Å². The molecule has 0 atom stereocenters. The SMILES string of the molecule is Cc1c(C)n2c3c(=O)n(Cc4ccccc4)c(=O)n(C)c3nc2n1CCCN1CCOCC1. The summed E-state index contributed by atoms with van der Waals surface area (Å²) >= 11 is 0. The number of hydrogen-bond acceptors (Lipinski definition) is 5. The van der Waals surface area contributed by atoms with Crippen molar-refractivity contribution in [2.75, 3.05) is 32.8 Å². The normalized spacial score (nSPS) is 15.1. The molecule has 174 valence electrons. The third-order valence-corrected chi connectivity index (χ3v) is 6.77. The van der Waals surface area contributed by atoms with Gasteiger partial charge in [0.05, 0.1) is 19.8 Å². The zero-order chi connectivity index (χ0) is 23.1. The van der Waals surface area contributed by atoms with Gasteiger partial charge in [-0.15, -0.1) is 0 Å². The van der Waals surface area contributed by atoms with Crippen LogP contribution in [0.5, 0.6) is 0 Å². The van der Waals surface area contributed by atoms with Gasteiger partial charge in [-0.1, -0.05) is 30.3 Å². The summed E-state index contributed by atoms with van der Waals surface area (Å²) in [7, 11) is 1.68. The fourth-order valence-corrected chi connectivity index (χ4v) is 4.77. The molecule has 33 heavy (non-hydrogen) atoms. The first-order valence-corrected chi connectivity index (χ1v) is 11.5. The largest absolute Gasteiger partial charge is 0.379 e. The van der Waals surface area contributed by atoms with E-state index in [2.05, 4.69) is 16.4 Å². The number of benzene rings is 1. The van der Waals surface area contributed by atoms with Crippen molar-refractivity contribution in [3.8, 4) is 0 Å². The van der Waals surface area contributed by atoms with Crippen molar-refractivity contribution < 1.29 is 4.74 Å². The van der Waals surface area contributed by atoms with Crippen molar-refractivity contribution in [3.63, 3.8) is 0 Å². The molecule has 1 fully saturated rings. The summed E-state index contributed by atoms with van der Waals surface area (Å²) in [5.41, 5.74) is 3.18. The van der Waals surface area contributed by atoms with E-state index >= 15 is 0 Å². The zero-order valence-corrected chi connectivity index (χ0v) is 19.5. The third-order valence-electron chi connectivity index (χ3n) is 6.77. The molecule has 9 heteroatoms. The molecule has 0 amide bonds. The Kier molecular flexibility index (Phi) is 5.67. The van der Waals surface area contributed by atoms with E-state index in [9.17, 15) is 9.59 Å². The molecule has 0 aliphatic carbocycles. The van der Waals surface area contributed by atoms with Crippen LogP contribution in [0.3, 0.4) is 0 Å².